The average Bonchev–Trinajstić information content (AvgIpc) is 3.37. The first-order chi connectivity index (χ1) is 15.2. The van der Waals surface area contributed by atoms with Crippen LogP contribution < -0.4 is 5.32 Å². The van der Waals surface area contributed by atoms with Gasteiger partial charge in [0.05, 0.1) is 17.3 Å². The number of hydrogen-bond acceptors (Lipinski definition) is 6. The number of tetrazole rings is 1. The van der Waals surface area contributed by atoms with E-state index in [2.05, 4.69) is 20.8 Å². The maximum atomic E-state index is 12.6. The molecular weight excluding hydrogens is 394 g/mol. The minimum absolute atomic E-state index is 0.255. The molecule has 0 saturated heterocycles. The van der Waals surface area contributed by atoms with Crippen molar-refractivity contribution in [2.45, 2.75) is 6.04 Å². The molecule has 0 unspecified atom stereocenters. The summed E-state index contributed by atoms with van der Waals surface area (Å²) in [6.07, 6.45) is 1.38. The molecule has 3 aromatic carbocycles. The molecule has 0 aliphatic rings. The highest BCUT2D eigenvalue weighted by Crippen LogP contribution is 2.21. The summed E-state index contributed by atoms with van der Waals surface area (Å²) in [6, 6.07) is 25.6. The van der Waals surface area contributed by atoms with Gasteiger partial charge in [-0.1, -0.05) is 72.8 Å². The first kappa shape index (κ1) is 20.0. The van der Waals surface area contributed by atoms with Gasteiger partial charge in [-0.2, -0.15) is 4.68 Å². The zero-order valence-corrected chi connectivity index (χ0v) is 16.5. The SMILES string of the molecule is O=C(COC(=O)c1ccccc1-n1cnnn1)NC(c1ccccc1)c1ccccc1. The first-order valence-electron chi connectivity index (χ1n) is 9.61. The summed E-state index contributed by atoms with van der Waals surface area (Å²) in [4.78, 5) is 25.2. The van der Waals surface area contributed by atoms with Crippen LogP contribution in [0, 0.1) is 0 Å². The Morgan fingerprint density at radius 3 is 2.10 bits per heavy atom. The number of esters is 1. The van der Waals surface area contributed by atoms with E-state index in [1.807, 2.05) is 60.7 Å². The summed E-state index contributed by atoms with van der Waals surface area (Å²) in [5, 5.41) is 13.9. The van der Waals surface area contributed by atoms with E-state index in [1.165, 1.54) is 11.0 Å². The molecule has 1 heterocycles. The summed E-state index contributed by atoms with van der Waals surface area (Å²) in [6.45, 7) is -0.418. The predicted molar refractivity (Wildman–Crippen MR) is 112 cm³/mol. The molecule has 8 nitrogen and oxygen atoms in total. The Kier molecular flexibility index (Phi) is 6.08. The van der Waals surface area contributed by atoms with E-state index < -0.39 is 18.5 Å². The third-order valence-corrected chi connectivity index (χ3v) is 4.63. The molecule has 0 aliphatic heterocycles. The van der Waals surface area contributed by atoms with Gasteiger partial charge in [0.25, 0.3) is 5.91 Å². The van der Waals surface area contributed by atoms with E-state index in [1.54, 1.807) is 24.3 Å². The average molecular weight is 413 g/mol. The van der Waals surface area contributed by atoms with Crippen LogP contribution in [0.25, 0.3) is 5.69 Å². The number of aromatic nitrogens is 4. The van der Waals surface area contributed by atoms with Crippen molar-refractivity contribution in [2.24, 2.45) is 0 Å². The lowest BCUT2D eigenvalue weighted by atomic mass is 9.99. The summed E-state index contributed by atoms with van der Waals surface area (Å²) >= 11 is 0. The lowest BCUT2D eigenvalue weighted by Crippen LogP contribution is -2.33. The van der Waals surface area contributed by atoms with Gasteiger partial charge in [-0.25, -0.2) is 4.79 Å². The lowest BCUT2D eigenvalue weighted by Gasteiger charge is -2.20. The van der Waals surface area contributed by atoms with Gasteiger partial charge in [-0.15, -0.1) is 5.10 Å². The molecular formula is C23H19N5O3. The number of hydrogen-bond donors (Lipinski definition) is 1. The second-order valence-corrected chi connectivity index (χ2v) is 6.67. The summed E-state index contributed by atoms with van der Waals surface area (Å²) in [5.41, 5.74) is 2.57. The number of benzene rings is 3. The molecule has 4 rings (SSSR count). The minimum Gasteiger partial charge on any atom is -0.452 e. The van der Waals surface area contributed by atoms with Gasteiger partial charge >= 0.3 is 5.97 Å². The topological polar surface area (TPSA) is 99.0 Å². The molecule has 0 radical (unpaired) electrons. The molecule has 1 aromatic heterocycles. The Bertz CT molecular complexity index is 1110. The van der Waals surface area contributed by atoms with Gasteiger partial charge in [0.2, 0.25) is 0 Å². The Morgan fingerprint density at radius 2 is 1.48 bits per heavy atom. The van der Waals surface area contributed by atoms with Crippen molar-refractivity contribution in [3.05, 3.63) is 108 Å². The van der Waals surface area contributed by atoms with Crippen LogP contribution in [-0.4, -0.2) is 38.7 Å². The highest BCUT2D eigenvalue weighted by atomic mass is 16.5. The van der Waals surface area contributed by atoms with E-state index in [-0.39, 0.29) is 11.6 Å². The van der Waals surface area contributed by atoms with Gasteiger partial charge in [0, 0.05) is 0 Å². The lowest BCUT2D eigenvalue weighted by molar-refractivity contribution is -0.124. The van der Waals surface area contributed by atoms with Crippen molar-refractivity contribution < 1.29 is 14.3 Å². The van der Waals surface area contributed by atoms with E-state index in [0.717, 1.165) is 11.1 Å². The smallest absolute Gasteiger partial charge is 0.340 e. The van der Waals surface area contributed by atoms with E-state index >= 15 is 0 Å². The number of carbonyl (C=O) groups excluding carboxylic acids is 2. The molecule has 0 atom stereocenters. The van der Waals surface area contributed by atoms with Crippen LogP contribution in [-0.2, 0) is 9.53 Å². The molecule has 154 valence electrons. The number of carbonyl (C=O) groups is 2. The maximum Gasteiger partial charge on any atom is 0.340 e. The highest BCUT2D eigenvalue weighted by molar-refractivity contribution is 5.94. The van der Waals surface area contributed by atoms with E-state index in [9.17, 15) is 9.59 Å². The molecule has 0 aliphatic carbocycles. The second kappa shape index (κ2) is 9.45. The van der Waals surface area contributed by atoms with Crippen molar-refractivity contribution in [3.8, 4) is 5.69 Å². The van der Waals surface area contributed by atoms with Gasteiger partial charge in [0.15, 0.2) is 6.61 Å². The third kappa shape index (κ3) is 4.81. The Balaban J connectivity index is 1.46. The van der Waals surface area contributed by atoms with Crippen molar-refractivity contribution >= 4 is 11.9 Å². The number of ether oxygens (including phenoxy) is 1. The van der Waals surface area contributed by atoms with Crippen molar-refractivity contribution in [1.82, 2.24) is 25.5 Å². The number of para-hydroxylation sites is 1. The zero-order chi connectivity index (χ0) is 21.5. The Morgan fingerprint density at radius 1 is 0.871 bits per heavy atom. The fourth-order valence-corrected chi connectivity index (χ4v) is 3.18. The number of nitrogens with zero attached hydrogens (tertiary/aromatic N) is 4. The number of amides is 1. The van der Waals surface area contributed by atoms with Crippen molar-refractivity contribution in [1.29, 1.82) is 0 Å². The first-order valence-corrected chi connectivity index (χ1v) is 9.61. The molecule has 8 heteroatoms. The van der Waals surface area contributed by atoms with Crippen LogP contribution in [0.1, 0.15) is 27.5 Å². The number of nitrogens with one attached hydrogen (secondary N) is 1. The highest BCUT2D eigenvalue weighted by Gasteiger charge is 2.19. The van der Waals surface area contributed by atoms with Crippen LogP contribution in [0.15, 0.2) is 91.3 Å². The number of rotatable bonds is 7. The van der Waals surface area contributed by atoms with E-state index in [0.29, 0.717) is 5.69 Å². The molecule has 0 fully saturated rings. The van der Waals surface area contributed by atoms with Gasteiger partial charge < -0.3 is 10.1 Å². The maximum absolute atomic E-state index is 12.6. The largest absolute Gasteiger partial charge is 0.452 e. The summed E-state index contributed by atoms with van der Waals surface area (Å²) in [7, 11) is 0. The standard InChI is InChI=1S/C23H19N5O3/c29-21(25-22(17-9-3-1-4-10-17)18-11-5-2-6-12-18)15-31-23(30)19-13-7-8-14-20(19)28-16-24-26-27-28/h1-14,16,22H,15H2,(H,25,29). The molecule has 0 saturated carbocycles. The van der Waals surface area contributed by atoms with Crippen LogP contribution in [0.3, 0.4) is 0 Å². The molecule has 4 aromatic rings. The predicted octanol–water partition coefficient (Wildman–Crippen LogP) is 2.72. The molecule has 0 bridgehead atoms. The molecule has 1 amide bonds. The fraction of sp³-hybridized carbons (Fsp3) is 0.0870. The second-order valence-electron chi connectivity index (χ2n) is 6.67. The van der Waals surface area contributed by atoms with Crippen LogP contribution >= 0.6 is 0 Å². The van der Waals surface area contributed by atoms with E-state index in [4.69, 9.17) is 4.74 Å². The Labute approximate surface area is 178 Å². The minimum atomic E-state index is -0.641. The third-order valence-electron chi connectivity index (χ3n) is 4.63. The van der Waals surface area contributed by atoms with Crippen LogP contribution in [0.4, 0.5) is 0 Å². The monoisotopic (exact) mass is 413 g/mol. The van der Waals surface area contributed by atoms with Crippen molar-refractivity contribution in [2.75, 3.05) is 6.61 Å². The fourth-order valence-electron chi connectivity index (χ4n) is 3.18. The normalized spacial score (nSPS) is 10.6. The quantitative estimate of drug-likeness (QED) is 0.468. The Hall–Kier alpha value is -4.33. The summed E-state index contributed by atoms with van der Waals surface area (Å²) in [5.74, 6) is -1.05. The van der Waals surface area contributed by atoms with Crippen LogP contribution in [0.2, 0.25) is 0 Å². The molecule has 31 heavy (non-hydrogen) atoms. The molecule has 0 spiro atoms. The van der Waals surface area contributed by atoms with Crippen LogP contribution in [0.5, 0.6) is 0 Å². The van der Waals surface area contributed by atoms with Gasteiger partial charge in [-0.3, -0.25) is 4.79 Å². The summed E-state index contributed by atoms with van der Waals surface area (Å²) < 4.78 is 6.63. The van der Waals surface area contributed by atoms with Crippen molar-refractivity contribution in [3.63, 3.8) is 0 Å². The van der Waals surface area contributed by atoms with Gasteiger partial charge in [0.1, 0.15) is 6.33 Å². The van der Waals surface area contributed by atoms with Gasteiger partial charge in [-0.05, 0) is 33.7 Å². The zero-order valence-electron chi connectivity index (χ0n) is 16.5. The molecule has 1 N–H and O–H groups in total.